The van der Waals surface area contributed by atoms with E-state index in [1.165, 1.54) is 11.8 Å². The average Bonchev–Trinajstić information content (AvgIpc) is 3.16. The number of aromatic nitrogens is 3. The van der Waals surface area contributed by atoms with Gasteiger partial charge in [-0.2, -0.15) is 0 Å². The molecule has 1 aromatic carbocycles. The van der Waals surface area contributed by atoms with E-state index in [9.17, 15) is 4.79 Å². The van der Waals surface area contributed by atoms with Gasteiger partial charge in [0.2, 0.25) is 5.91 Å². The fraction of sp³-hybridized carbons (Fsp3) is 0.591. The second-order valence-electron chi connectivity index (χ2n) is 7.60. The lowest BCUT2D eigenvalue weighted by atomic mass is 10.1. The zero-order valence-corrected chi connectivity index (χ0v) is 19.5. The standard InChI is InChI=1S/C22H34N4O2S/c1-8-16(5)26(17(6)9-2)20(27)14-29-22-24-23-21(25(22)15(3)4)18-10-12-19(28-7)13-11-18/h10-13,15-17H,8-9,14H2,1-7H3/t16-,17+. The van der Waals surface area contributed by atoms with Crippen LogP contribution in [-0.4, -0.2) is 50.5 Å². The smallest absolute Gasteiger partial charge is 0.233 e. The molecule has 1 amide bonds. The molecule has 0 aliphatic carbocycles. The van der Waals surface area contributed by atoms with Crippen LogP contribution in [0.1, 0.15) is 60.4 Å². The predicted octanol–water partition coefficient (Wildman–Crippen LogP) is 5.05. The molecule has 2 rings (SSSR count). The van der Waals surface area contributed by atoms with Gasteiger partial charge in [0, 0.05) is 23.7 Å². The number of nitrogens with zero attached hydrogens (tertiary/aromatic N) is 4. The number of ether oxygens (including phenoxy) is 1. The summed E-state index contributed by atoms with van der Waals surface area (Å²) in [6.07, 6.45) is 1.90. The minimum atomic E-state index is 0.156. The van der Waals surface area contributed by atoms with E-state index in [0.717, 1.165) is 35.1 Å². The summed E-state index contributed by atoms with van der Waals surface area (Å²) >= 11 is 1.46. The van der Waals surface area contributed by atoms with E-state index in [0.29, 0.717) is 5.75 Å². The van der Waals surface area contributed by atoms with Crippen molar-refractivity contribution in [1.29, 1.82) is 0 Å². The number of carbonyl (C=O) groups is 1. The van der Waals surface area contributed by atoms with Gasteiger partial charge in [0.05, 0.1) is 12.9 Å². The number of amides is 1. The van der Waals surface area contributed by atoms with Gasteiger partial charge in [-0.25, -0.2) is 0 Å². The van der Waals surface area contributed by atoms with Crippen molar-refractivity contribution in [2.24, 2.45) is 0 Å². The maximum atomic E-state index is 13.0. The lowest BCUT2D eigenvalue weighted by Gasteiger charge is -2.34. The molecule has 1 aromatic heterocycles. The second kappa shape index (κ2) is 10.7. The van der Waals surface area contributed by atoms with Gasteiger partial charge in [-0.1, -0.05) is 25.6 Å². The molecule has 160 valence electrons. The molecule has 0 radical (unpaired) electrons. The molecule has 2 atom stereocenters. The van der Waals surface area contributed by atoms with Gasteiger partial charge in [-0.05, 0) is 64.8 Å². The molecule has 29 heavy (non-hydrogen) atoms. The Morgan fingerprint density at radius 1 is 1.07 bits per heavy atom. The number of hydrogen-bond acceptors (Lipinski definition) is 5. The number of rotatable bonds is 10. The largest absolute Gasteiger partial charge is 0.497 e. The number of carbonyl (C=O) groups excluding carboxylic acids is 1. The van der Waals surface area contributed by atoms with Gasteiger partial charge < -0.3 is 9.64 Å². The van der Waals surface area contributed by atoms with Crippen molar-refractivity contribution in [2.75, 3.05) is 12.9 Å². The SMILES string of the molecule is CC[C@@H](C)N(C(=O)CSc1nnc(-c2ccc(OC)cc2)n1C(C)C)[C@@H](C)CC. The molecule has 0 saturated heterocycles. The molecule has 0 spiro atoms. The number of benzene rings is 1. The Labute approximate surface area is 179 Å². The van der Waals surface area contributed by atoms with Gasteiger partial charge in [-0.3, -0.25) is 9.36 Å². The minimum Gasteiger partial charge on any atom is -0.497 e. The van der Waals surface area contributed by atoms with Crippen LogP contribution in [0.2, 0.25) is 0 Å². The molecule has 6 nitrogen and oxygen atoms in total. The highest BCUT2D eigenvalue weighted by molar-refractivity contribution is 7.99. The van der Waals surface area contributed by atoms with Crippen LogP contribution in [0.3, 0.4) is 0 Å². The van der Waals surface area contributed by atoms with Gasteiger partial charge in [0.15, 0.2) is 11.0 Å². The molecule has 1 heterocycles. The fourth-order valence-corrected chi connectivity index (χ4v) is 4.23. The first-order chi connectivity index (χ1) is 13.8. The molecule has 0 bridgehead atoms. The highest BCUT2D eigenvalue weighted by Crippen LogP contribution is 2.29. The van der Waals surface area contributed by atoms with Crippen molar-refractivity contribution in [3.8, 4) is 17.1 Å². The van der Waals surface area contributed by atoms with E-state index in [2.05, 4.69) is 56.3 Å². The van der Waals surface area contributed by atoms with Crippen LogP contribution < -0.4 is 4.74 Å². The molecular weight excluding hydrogens is 384 g/mol. The Morgan fingerprint density at radius 2 is 1.66 bits per heavy atom. The zero-order valence-electron chi connectivity index (χ0n) is 18.7. The molecule has 0 saturated carbocycles. The summed E-state index contributed by atoms with van der Waals surface area (Å²) in [5, 5.41) is 9.58. The molecule has 7 heteroatoms. The van der Waals surface area contributed by atoms with Crippen LogP contribution in [0, 0.1) is 0 Å². The zero-order chi connectivity index (χ0) is 21.6. The first kappa shape index (κ1) is 23.3. The molecule has 0 N–H and O–H groups in total. The minimum absolute atomic E-state index is 0.156. The Balaban J connectivity index is 2.22. The highest BCUT2D eigenvalue weighted by Gasteiger charge is 2.25. The Hall–Kier alpha value is -2.02. The van der Waals surface area contributed by atoms with Gasteiger partial charge in [0.25, 0.3) is 0 Å². The maximum absolute atomic E-state index is 13.0. The molecule has 0 aliphatic rings. The van der Waals surface area contributed by atoms with E-state index in [1.807, 2.05) is 29.2 Å². The van der Waals surface area contributed by atoms with Crippen LogP contribution in [0.25, 0.3) is 11.4 Å². The van der Waals surface area contributed by atoms with Gasteiger partial charge >= 0.3 is 0 Å². The number of methoxy groups -OCH3 is 1. The van der Waals surface area contributed by atoms with Crippen molar-refractivity contribution in [1.82, 2.24) is 19.7 Å². The van der Waals surface area contributed by atoms with Crippen LogP contribution in [0.5, 0.6) is 5.75 Å². The Kier molecular flexibility index (Phi) is 8.56. The first-order valence-corrected chi connectivity index (χ1v) is 11.4. The van der Waals surface area contributed by atoms with Crippen LogP contribution in [0.15, 0.2) is 29.4 Å². The lowest BCUT2D eigenvalue weighted by molar-refractivity contribution is -0.132. The molecule has 0 fully saturated rings. The molecule has 0 aliphatic heterocycles. The third kappa shape index (κ3) is 5.53. The fourth-order valence-electron chi connectivity index (χ4n) is 3.30. The van der Waals surface area contributed by atoms with E-state index < -0.39 is 0 Å². The van der Waals surface area contributed by atoms with E-state index in [4.69, 9.17) is 4.74 Å². The maximum Gasteiger partial charge on any atom is 0.233 e. The third-order valence-electron chi connectivity index (χ3n) is 5.27. The quantitative estimate of drug-likeness (QED) is 0.505. The summed E-state index contributed by atoms with van der Waals surface area (Å²) in [7, 11) is 1.65. The van der Waals surface area contributed by atoms with Crippen molar-refractivity contribution < 1.29 is 9.53 Å². The number of hydrogen-bond donors (Lipinski definition) is 0. The Bertz CT molecular complexity index is 779. The van der Waals surface area contributed by atoms with E-state index in [1.54, 1.807) is 7.11 Å². The topological polar surface area (TPSA) is 60.3 Å². The first-order valence-electron chi connectivity index (χ1n) is 10.4. The summed E-state index contributed by atoms with van der Waals surface area (Å²) in [6, 6.07) is 8.44. The Morgan fingerprint density at radius 3 is 2.14 bits per heavy atom. The van der Waals surface area contributed by atoms with Crippen LogP contribution >= 0.6 is 11.8 Å². The van der Waals surface area contributed by atoms with Crippen molar-refractivity contribution in [2.45, 2.75) is 77.7 Å². The van der Waals surface area contributed by atoms with E-state index in [-0.39, 0.29) is 24.0 Å². The highest BCUT2D eigenvalue weighted by atomic mass is 32.2. The summed E-state index contributed by atoms with van der Waals surface area (Å²) in [6.45, 7) is 12.7. The van der Waals surface area contributed by atoms with Crippen molar-refractivity contribution in [3.63, 3.8) is 0 Å². The van der Waals surface area contributed by atoms with Gasteiger partial charge in [-0.15, -0.1) is 10.2 Å². The third-order valence-corrected chi connectivity index (χ3v) is 6.20. The predicted molar refractivity (Wildman–Crippen MR) is 119 cm³/mol. The summed E-state index contributed by atoms with van der Waals surface area (Å²) in [5.74, 6) is 2.13. The van der Waals surface area contributed by atoms with Crippen molar-refractivity contribution in [3.05, 3.63) is 24.3 Å². The van der Waals surface area contributed by atoms with Crippen LogP contribution in [-0.2, 0) is 4.79 Å². The number of thioether (sulfide) groups is 1. The van der Waals surface area contributed by atoms with Gasteiger partial charge in [0.1, 0.15) is 5.75 Å². The summed E-state index contributed by atoms with van der Waals surface area (Å²) in [4.78, 5) is 15.0. The second-order valence-corrected chi connectivity index (χ2v) is 8.55. The normalized spacial score (nSPS) is 13.4. The van der Waals surface area contributed by atoms with E-state index >= 15 is 0 Å². The lowest BCUT2D eigenvalue weighted by Crippen LogP contribution is -2.45. The molecule has 2 aromatic rings. The van der Waals surface area contributed by atoms with Crippen LogP contribution in [0.4, 0.5) is 0 Å². The molecular formula is C22H34N4O2S. The summed E-state index contributed by atoms with van der Waals surface area (Å²) in [5.41, 5.74) is 0.978. The monoisotopic (exact) mass is 418 g/mol. The van der Waals surface area contributed by atoms with Crippen molar-refractivity contribution >= 4 is 17.7 Å². The summed E-state index contributed by atoms with van der Waals surface area (Å²) < 4.78 is 7.34. The average molecular weight is 419 g/mol. The molecule has 0 unspecified atom stereocenters.